The van der Waals surface area contributed by atoms with Gasteiger partial charge in [-0.2, -0.15) is 15.3 Å². The van der Waals surface area contributed by atoms with Crippen molar-refractivity contribution in [3.8, 4) is 0 Å². The molecule has 18 heavy (non-hydrogen) atoms. The average Bonchev–Trinajstić information content (AvgIpc) is 2.38. The smallest absolute Gasteiger partial charge is 0.0733 e. The lowest BCUT2D eigenvalue weighted by molar-refractivity contribution is 0.273. The third-order valence-electron chi connectivity index (χ3n) is 4.71. The van der Waals surface area contributed by atoms with Crippen molar-refractivity contribution in [2.45, 2.75) is 76.9 Å². The number of rotatable bonds is 3. The molecule has 0 saturated heterocycles. The molecular formula is C14H26N4. The molecule has 2 aliphatic carbocycles. The molecule has 0 spiro atoms. The second-order valence-corrected chi connectivity index (χ2v) is 6.20. The van der Waals surface area contributed by atoms with Crippen LogP contribution >= 0.6 is 0 Å². The summed E-state index contributed by atoms with van der Waals surface area (Å²) in [6.45, 7) is 4.50. The summed E-state index contributed by atoms with van der Waals surface area (Å²) in [5.74, 6) is 1.20. The summed E-state index contributed by atoms with van der Waals surface area (Å²) < 4.78 is 0. The van der Waals surface area contributed by atoms with E-state index in [9.17, 15) is 0 Å². The van der Waals surface area contributed by atoms with Crippen LogP contribution in [-0.2, 0) is 0 Å². The molecule has 102 valence electrons. The highest BCUT2D eigenvalue weighted by Gasteiger charge is 2.28. The topological polar surface area (TPSA) is 60.9 Å². The lowest BCUT2D eigenvalue weighted by Crippen LogP contribution is -2.28. The minimum atomic E-state index is 0.227. The zero-order valence-electron chi connectivity index (χ0n) is 11.7. The summed E-state index contributed by atoms with van der Waals surface area (Å²) in [5, 5.41) is 12.9. The van der Waals surface area contributed by atoms with Gasteiger partial charge in [-0.1, -0.05) is 26.7 Å². The Balaban J connectivity index is 1.84. The Morgan fingerprint density at radius 1 is 0.833 bits per heavy atom. The van der Waals surface area contributed by atoms with Crippen LogP contribution in [-0.4, -0.2) is 18.1 Å². The molecule has 0 bridgehead atoms. The van der Waals surface area contributed by atoms with Crippen LogP contribution in [0.5, 0.6) is 0 Å². The molecule has 2 aliphatic rings. The van der Waals surface area contributed by atoms with E-state index < -0.39 is 0 Å². The second-order valence-electron chi connectivity index (χ2n) is 6.20. The molecule has 2 fully saturated rings. The lowest BCUT2D eigenvalue weighted by atomic mass is 9.83. The zero-order valence-corrected chi connectivity index (χ0v) is 11.7. The molecule has 2 rings (SSSR count). The van der Waals surface area contributed by atoms with Gasteiger partial charge >= 0.3 is 0 Å². The van der Waals surface area contributed by atoms with E-state index in [1.807, 2.05) is 0 Å². The summed E-state index contributed by atoms with van der Waals surface area (Å²) in [6.07, 6.45) is 8.33. The fourth-order valence-corrected chi connectivity index (χ4v) is 3.30. The molecular weight excluding hydrogens is 224 g/mol. The van der Waals surface area contributed by atoms with Gasteiger partial charge in [0.25, 0.3) is 0 Å². The quantitative estimate of drug-likeness (QED) is 0.711. The highest BCUT2D eigenvalue weighted by atomic mass is 15.1. The second kappa shape index (κ2) is 6.39. The van der Waals surface area contributed by atoms with Crippen LogP contribution in [0, 0.1) is 17.4 Å². The van der Waals surface area contributed by atoms with Crippen molar-refractivity contribution in [1.82, 2.24) is 0 Å². The molecule has 1 N–H and O–H groups in total. The molecule has 2 saturated carbocycles. The average molecular weight is 250 g/mol. The summed E-state index contributed by atoms with van der Waals surface area (Å²) in [5.41, 5.74) is 7.15. The number of hydrogen-bond donors (Lipinski definition) is 1. The Morgan fingerprint density at radius 3 is 2.28 bits per heavy atom. The zero-order chi connectivity index (χ0) is 13.0. The maximum Gasteiger partial charge on any atom is 0.0733 e. The number of azo groups is 1. The molecule has 0 aliphatic heterocycles. The van der Waals surface area contributed by atoms with E-state index in [1.165, 1.54) is 25.7 Å². The van der Waals surface area contributed by atoms with Crippen molar-refractivity contribution in [2.75, 3.05) is 0 Å². The van der Waals surface area contributed by atoms with Crippen molar-refractivity contribution in [2.24, 2.45) is 27.2 Å². The molecule has 5 unspecified atom stereocenters. The Morgan fingerprint density at radius 2 is 1.61 bits per heavy atom. The predicted molar refractivity (Wildman–Crippen MR) is 72.0 cm³/mol. The van der Waals surface area contributed by atoms with Gasteiger partial charge in [-0.25, -0.2) is 5.53 Å². The Labute approximate surface area is 110 Å². The standard InChI is InChI=1S/C14H26N4/c1-10-5-3-4-6-14(10)18-17-12-7-8-13(16-15)11(2)9-12/h10-15H,3-9H2,1-2H3. The Hall–Kier alpha value is -0.800. The number of nitrogens with zero attached hydrogens (tertiary/aromatic N) is 3. The van der Waals surface area contributed by atoms with E-state index >= 15 is 0 Å². The molecule has 4 heteroatoms. The first-order valence-corrected chi connectivity index (χ1v) is 7.47. The maximum atomic E-state index is 7.15. The minimum absolute atomic E-state index is 0.227. The van der Waals surface area contributed by atoms with E-state index in [0.717, 1.165) is 19.3 Å². The fourth-order valence-electron chi connectivity index (χ4n) is 3.30. The van der Waals surface area contributed by atoms with Crippen molar-refractivity contribution in [1.29, 1.82) is 5.53 Å². The van der Waals surface area contributed by atoms with Crippen molar-refractivity contribution < 1.29 is 0 Å². The highest BCUT2D eigenvalue weighted by molar-refractivity contribution is 4.85. The van der Waals surface area contributed by atoms with Crippen molar-refractivity contribution in [3.63, 3.8) is 0 Å². The molecule has 0 amide bonds. The van der Waals surface area contributed by atoms with Gasteiger partial charge in [0.1, 0.15) is 0 Å². The van der Waals surface area contributed by atoms with Crippen LogP contribution < -0.4 is 0 Å². The van der Waals surface area contributed by atoms with Crippen LogP contribution in [0.15, 0.2) is 15.3 Å². The van der Waals surface area contributed by atoms with E-state index in [1.54, 1.807) is 0 Å². The maximum absolute atomic E-state index is 7.15. The first-order valence-electron chi connectivity index (χ1n) is 7.47. The minimum Gasteiger partial charge on any atom is -0.210 e. The van der Waals surface area contributed by atoms with Crippen LogP contribution in [0.4, 0.5) is 0 Å². The highest BCUT2D eigenvalue weighted by Crippen LogP contribution is 2.31. The number of hydrogen-bond acceptors (Lipinski definition) is 4. The molecule has 0 heterocycles. The molecule has 5 atom stereocenters. The van der Waals surface area contributed by atoms with E-state index in [2.05, 4.69) is 29.2 Å². The summed E-state index contributed by atoms with van der Waals surface area (Å²) >= 11 is 0. The van der Waals surface area contributed by atoms with E-state index in [-0.39, 0.29) is 6.04 Å². The van der Waals surface area contributed by atoms with Gasteiger partial charge < -0.3 is 0 Å². The normalized spacial score (nSPS) is 42.0. The van der Waals surface area contributed by atoms with Gasteiger partial charge in [0.05, 0.1) is 18.1 Å². The fraction of sp³-hybridized carbons (Fsp3) is 1.00. The molecule has 0 radical (unpaired) electrons. The lowest BCUT2D eigenvalue weighted by Gasteiger charge is -2.29. The third kappa shape index (κ3) is 3.36. The van der Waals surface area contributed by atoms with Crippen LogP contribution in [0.3, 0.4) is 0 Å². The first kappa shape index (κ1) is 13.6. The number of nitrogens with one attached hydrogen (secondary N) is 1. The van der Waals surface area contributed by atoms with Gasteiger partial charge in [0, 0.05) is 0 Å². The van der Waals surface area contributed by atoms with Crippen LogP contribution in [0.1, 0.15) is 58.8 Å². The molecule has 0 aromatic rings. The van der Waals surface area contributed by atoms with Crippen molar-refractivity contribution >= 4 is 0 Å². The Kier molecular flexibility index (Phi) is 4.84. The van der Waals surface area contributed by atoms with Gasteiger partial charge in [-0.05, 0) is 43.9 Å². The monoisotopic (exact) mass is 250 g/mol. The van der Waals surface area contributed by atoms with Gasteiger partial charge in [-0.15, -0.1) is 0 Å². The SMILES string of the molecule is CC1CC(N=NC2CCCCC2C)CCC1N=N. The van der Waals surface area contributed by atoms with E-state index in [0.29, 0.717) is 23.9 Å². The van der Waals surface area contributed by atoms with Gasteiger partial charge in [-0.3, -0.25) is 0 Å². The van der Waals surface area contributed by atoms with Gasteiger partial charge in [0.2, 0.25) is 0 Å². The summed E-state index contributed by atoms with van der Waals surface area (Å²) in [4.78, 5) is 0. The van der Waals surface area contributed by atoms with Crippen LogP contribution in [0.25, 0.3) is 0 Å². The van der Waals surface area contributed by atoms with Crippen molar-refractivity contribution in [3.05, 3.63) is 0 Å². The third-order valence-corrected chi connectivity index (χ3v) is 4.71. The first-order chi connectivity index (χ1) is 8.70. The molecule has 4 nitrogen and oxygen atoms in total. The predicted octanol–water partition coefficient (Wildman–Crippen LogP) is 4.61. The van der Waals surface area contributed by atoms with Crippen LogP contribution in [0.2, 0.25) is 0 Å². The van der Waals surface area contributed by atoms with E-state index in [4.69, 9.17) is 5.53 Å². The van der Waals surface area contributed by atoms with Gasteiger partial charge in [0.15, 0.2) is 0 Å². The Bertz CT molecular complexity index is 302. The largest absolute Gasteiger partial charge is 0.210 e. The summed E-state index contributed by atoms with van der Waals surface area (Å²) in [6, 6.07) is 1.07. The molecule has 0 aromatic carbocycles. The molecule has 0 aromatic heterocycles. The summed E-state index contributed by atoms with van der Waals surface area (Å²) in [7, 11) is 0.